The maximum absolute atomic E-state index is 13.5. The number of anilines is 1. The van der Waals surface area contributed by atoms with E-state index in [1.165, 1.54) is 48.5 Å². The molecule has 0 bridgehead atoms. The maximum atomic E-state index is 13.5. The summed E-state index contributed by atoms with van der Waals surface area (Å²) in [6.45, 7) is 2.89. The van der Waals surface area contributed by atoms with Gasteiger partial charge in [-0.15, -0.1) is 0 Å². The number of aromatic nitrogens is 1. The zero-order chi connectivity index (χ0) is 22.7. The van der Waals surface area contributed by atoms with E-state index in [4.69, 9.17) is 0 Å². The minimum Gasteiger partial charge on any atom is -0.366 e. The summed E-state index contributed by atoms with van der Waals surface area (Å²) in [5.41, 5.74) is 2.24. The molecule has 0 N–H and O–H groups in total. The number of amides is 2. The summed E-state index contributed by atoms with van der Waals surface area (Å²) in [5.74, 6) is -1.91. The zero-order valence-electron chi connectivity index (χ0n) is 17.5. The van der Waals surface area contributed by atoms with Crippen LogP contribution in [0.3, 0.4) is 0 Å². The van der Waals surface area contributed by atoms with Gasteiger partial charge in [0.2, 0.25) is 0 Å². The first-order valence-electron chi connectivity index (χ1n) is 10.3. The summed E-state index contributed by atoms with van der Waals surface area (Å²) in [6.07, 6.45) is 4.05. The highest BCUT2D eigenvalue weighted by atomic mass is 19.1. The molecular formula is C25H21F2N3O2. The third-order valence-electron chi connectivity index (χ3n) is 5.39. The Kier molecular flexibility index (Phi) is 6.07. The molecule has 2 amide bonds. The number of hydrogen-bond donors (Lipinski definition) is 0. The van der Waals surface area contributed by atoms with E-state index in [1.54, 1.807) is 12.4 Å². The zero-order valence-corrected chi connectivity index (χ0v) is 17.5. The molecule has 0 saturated heterocycles. The molecule has 0 saturated carbocycles. The van der Waals surface area contributed by atoms with E-state index in [-0.39, 0.29) is 17.0 Å². The van der Waals surface area contributed by atoms with Gasteiger partial charge in [-0.1, -0.05) is 12.1 Å². The number of imide groups is 1. The lowest BCUT2D eigenvalue weighted by atomic mass is 10.0. The molecule has 0 aliphatic carbocycles. The average molecular weight is 433 g/mol. The monoisotopic (exact) mass is 433 g/mol. The first-order valence-corrected chi connectivity index (χ1v) is 10.3. The average Bonchev–Trinajstić information content (AvgIpc) is 3.06. The number of pyridine rings is 1. The predicted molar refractivity (Wildman–Crippen MR) is 117 cm³/mol. The summed E-state index contributed by atoms with van der Waals surface area (Å²) in [7, 11) is 0. The van der Waals surface area contributed by atoms with Crippen LogP contribution in [0.2, 0.25) is 0 Å². The van der Waals surface area contributed by atoms with Crippen molar-refractivity contribution in [1.82, 2.24) is 9.88 Å². The van der Waals surface area contributed by atoms with Crippen LogP contribution in [0, 0.1) is 11.6 Å². The van der Waals surface area contributed by atoms with E-state index in [9.17, 15) is 18.4 Å². The molecule has 1 aliphatic rings. The Morgan fingerprint density at radius 2 is 1.44 bits per heavy atom. The smallest absolute Gasteiger partial charge is 0.282 e. The van der Waals surface area contributed by atoms with Gasteiger partial charge in [-0.25, -0.2) is 13.7 Å². The molecule has 2 aromatic carbocycles. The summed E-state index contributed by atoms with van der Waals surface area (Å²) in [6, 6.07) is 14.5. The van der Waals surface area contributed by atoms with Gasteiger partial charge < -0.3 is 4.90 Å². The number of carbonyl (C=O) groups is 2. The van der Waals surface area contributed by atoms with Crippen molar-refractivity contribution >= 4 is 23.1 Å². The van der Waals surface area contributed by atoms with Crippen molar-refractivity contribution < 1.29 is 18.4 Å². The Morgan fingerprint density at radius 3 is 2.03 bits per heavy atom. The van der Waals surface area contributed by atoms with Crippen LogP contribution in [-0.4, -0.2) is 34.8 Å². The van der Waals surface area contributed by atoms with Gasteiger partial charge in [0, 0.05) is 25.5 Å². The quantitative estimate of drug-likeness (QED) is 0.524. The van der Waals surface area contributed by atoms with E-state index in [1.807, 2.05) is 24.0 Å². The number of hydrogen-bond acceptors (Lipinski definition) is 4. The minimum absolute atomic E-state index is 0.205. The second-order valence-electron chi connectivity index (χ2n) is 7.34. The summed E-state index contributed by atoms with van der Waals surface area (Å²) < 4.78 is 26.9. The van der Waals surface area contributed by atoms with Crippen molar-refractivity contribution in [3.63, 3.8) is 0 Å². The van der Waals surface area contributed by atoms with Gasteiger partial charge in [0.15, 0.2) is 0 Å². The van der Waals surface area contributed by atoms with Crippen molar-refractivity contribution in [3.8, 4) is 0 Å². The van der Waals surface area contributed by atoms with Crippen LogP contribution < -0.4 is 4.90 Å². The van der Waals surface area contributed by atoms with Gasteiger partial charge in [0.1, 0.15) is 17.3 Å². The fourth-order valence-electron chi connectivity index (χ4n) is 3.75. The Balaban J connectivity index is 1.75. The minimum atomic E-state index is -0.523. The SMILES string of the molecule is CCN(CCc1ccncc1)C1=C(c2ccc(F)cc2)C(=O)N(c2ccc(F)cc2)C1=O. The Morgan fingerprint density at radius 1 is 0.844 bits per heavy atom. The molecule has 3 aromatic rings. The van der Waals surface area contributed by atoms with E-state index in [2.05, 4.69) is 4.98 Å². The van der Waals surface area contributed by atoms with Crippen LogP contribution in [0.15, 0.2) is 78.8 Å². The maximum Gasteiger partial charge on any atom is 0.282 e. The highest BCUT2D eigenvalue weighted by Crippen LogP contribution is 2.35. The summed E-state index contributed by atoms with van der Waals surface area (Å²) >= 11 is 0. The van der Waals surface area contributed by atoms with Gasteiger partial charge in [-0.3, -0.25) is 14.6 Å². The van der Waals surface area contributed by atoms with Gasteiger partial charge in [0.05, 0.1) is 11.3 Å². The predicted octanol–water partition coefficient (Wildman–Crippen LogP) is 4.21. The van der Waals surface area contributed by atoms with E-state index in [0.29, 0.717) is 25.1 Å². The number of halogens is 2. The molecule has 0 atom stereocenters. The molecule has 162 valence electrons. The fourth-order valence-corrected chi connectivity index (χ4v) is 3.75. The first kappa shape index (κ1) is 21.4. The molecule has 32 heavy (non-hydrogen) atoms. The van der Waals surface area contributed by atoms with Crippen LogP contribution in [0.25, 0.3) is 5.57 Å². The van der Waals surface area contributed by atoms with Crippen molar-refractivity contribution in [3.05, 3.63) is 102 Å². The molecule has 0 fully saturated rings. The lowest BCUT2D eigenvalue weighted by Crippen LogP contribution is -2.36. The second kappa shape index (κ2) is 9.09. The molecule has 7 heteroatoms. The lowest BCUT2D eigenvalue weighted by molar-refractivity contribution is -0.120. The number of benzene rings is 2. The molecule has 1 aliphatic heterocycles. The Bertz CT molecular complexity index is 1160. The van der Waals surface area contributed by atoms with Crippen molar-refractivity contribution in [1.29, 1.82) is 0 Å². The molecule has 5 nitrogen and oxygen atoms in total. The van der Waals surface area contributed by atoms with Crippen LogP contribution in [0.4, 0.5) is 14.5 Å². The van der Waals surface area contributed by atoms with E-state index < -0.39 is 23.4 Å². The normalized spacial score (nSPS) is 13.8. The summed E-state index contributed by atoms with van der Waals surface area (Å²) in [5, 5.41) is 0. The van der Waals surface area contributed by atoms with E-state index >= 15 is 0 Å². The lowest BCUT2D eigenvalue weighted by Gasteiger charge is -2.25. The molecule has 2 heterocycles. The van der Waals surface area contributed by atoms with Crippen LogP contribution in [0.5, 0.6) is 0 Å². The second-order valence-corrected chi connectivity index (χ2v) is 7.34. The Hall–Kier alpha value is -3.87. The van der Waals surface area contributed by atoms with Gasteiger partial charge in [0.25, 0.3) is 11.8 Å². The fraction of sp³-hybridized carbons (Fsp3) is 0.160. The van der Waals surface area contributed by atoms with Gasteiger partial charge in [-0.05, 0) is 73.0 Å². The summed E-state index contributed by atoms with van der Waals surface area (Å²) in [4.78, 5) is 33.8. The molecular weight excluding hydrogens is 412 g/mol. The molecule has 0 spiro atoms. The van der Waals surface area contributed by atoms with Crippen molar-refractivity contribution in [2.45, 2.75) is 13.3 Å². The highest BCUT2D eigenvalue weighted by molar-refractivity contribution is 6.45. The number of carbonyl (C=O) groups excluding carboxylic acids is 2. The molecule has 0 unspecified atom stereocenters. The number of likely N-dealkylation sites (N-methyl/N-ethyl adjacent to an activating group) is 1. The molecule has 1 aromatic heterocycles. The first-order chi connectivity index (χ1) is 15.5. The highest BCUT2D eigenvalue weighted by Gasteiger charge is 2.42. The topological polar surface area (TPSA) is 53.5 Å². The molecule has 4 rings (SSSR count). The third kappa shape index (κ3) is 4.14. The number of rotatable bonds is 7. The van der Waals surface area contributed by atoms with Crippen molar-refractivity contribution in [2.75, 3.05) is 18.0 Å². The van der Waals surface area contributed by atoms with Crippen LogP contribution in [0.1, 0.15) is 18.1 Å². The molecule has 0 radical (unpaired) electrons. The largest absolute Gasteiger partial charge is 0.366 e. The van der Waals surface area contributed by atoms with Gasteiger partial charge in [-0.2, -0.15) is 0 Å². The van der Waals surface area contributed by atoms with Crippen LogP contribution >= 0.6 is 0 Å². The Labute approximate surface area is 184 Å². The number of nitrogens with zero attached hydrogens (tertiary/aromatic N) is 3. The standard InChI is InChI=1S/C25H21F2N3O2/c1-2-29(16-13-17-11-14-28-15-12-17)23-22(18-3-5-19(26)6-4-18)24(31)30(25(23)32)21-9-7-20(27)8-10-21/h3-12,14-15H,2,13,16H2,1H3. The van der Waals surface area contributed by atoms with E-state index in [0.717, 1.165) is 10.5 Å². The van der Waals surface area contributed by atoms with Gasteiger partial charge >= 0.3 is 0 Å². The third-order valence-corrected chi connectivity index (χ3v) is 5.39. The van der Waals surface area contributed by atoms with Crippen LogP contribution in [-0.2, 0) is 16.0 Å². The van der Waals surface area contributed by atoms with Crippen molar-refractivity contribution in [2.24, 2.45) is 0 Å².